The Morgan fingerprint density at radius 2 is 1.95 bits per heavy atom. The van der Waals surface area contributed by atoms with Gasteiger partial charge in [0.2, 0.25) is 0 Å². The van der Waals surface area contributed by atoms with Crippen LogP contribution in [0.5, 0.6) is 11.5 Å². The maximum atomic E-state index is 12.9. The molecule has 0 bridgehead atoms. The minimum atomic E-state index is -0.499. The summed E-state index contributed by atoms with van der Waals surface area (Å²) in [7, 11) is 0. The zero-order chi connectivity index (χ0) is 28.5. The van der Waals surface area contributed by atoms with Crippen molar-refractivity contribution in [1.82, 2.24) is 9.80 Å². The van der Waals surface area contributed by atoms with Gasteiger partial charge in [0.05, 0.1) is 12.2 Å². The number of amides is 1. The average Bonchev–Trinajstić information content (AvgIpc) is 3.40. The summed E-state index contributed by atoms with van der Waals surface area (Å²) in [4.78, 5) is 17.2. The van der Waals surface area contributed by atoms with Crippen LogP contribution in [0.3, 0.4) is 0 Å². The summed E-state index contributed by atoms with van der Waals surface area (Å²) in [6.45, 7) is 17.6. The number of nitrogens with zero attached hydrogens (tertiary/aromatic N) is 2. The summed E-state index contributed by atoms with van der Waals surface area (Å²) >= 11 is 0. The van der Waals surface area contributed by atoms with E-state index in [-0.39, 0.29) is 30.1 Å². The fourth-order valence-corrected chi connectivity index (χ4v) is 6.96. The fraction of sp³-hybridized carbons (Fsp3) is 0.727. The number of para-hydroxylation sites is 1. The van der Waals surface area contributed by atoms with E-state index in [1.54, 1.807) is 0 Å². The van der Waals surface area contributed by atoms with E-state index >= 15 is 0 Å². The SMILES string of the molecule is CC(C)=CCC[C@@]1(C)Oc2c(OCCN3CCCC3)cccc2[C@H]2O[C@H]3CCN(C(=O)OC(C)(C)C)C[C@@H]3C[C@@H]21. The Morgan fingerprint density at radius 1 is 1.18 bits per heavy atom. The van der Waals surface area contributed by atoms with Crippen molar-refractivity contribution < 1.29 is 23.7 Å². The molecule has 0 N–H and O–H groups in total. The monoisotopic (exact) mass is 554 g/mol. The Labute approximate surface area is 241 Å². The average molecular weight is 555 g/mol. The molecular formula is C33H50N2O5. The predicted octanol–water partition coefficient (Wildman–Crippen LogP) is 6.76. The van der Waals surface area contributed by atoms with Gasteiger partial charge in [-0.15, -0.1) is 0 Å². The largest absolute Gasteiger partial charge is 0.488 e. The minimum Gasteiger partial charge on any atom is -0.488 e. The normalized spacial score (nSPS) is 30.0. The Balaban J connectivity index is 1.37. The third kappa shape index (κ3) is 6.62. The van der Waals surface area contributed by atoms with Crippen molar-refractivity contribution in [3.8, 4) is 11.5 Å². The second-order valence-electron chi connectivity index (χ2n) is 13.7. The molecule has 1 amide bonds. The first kappa shape index (κ1) is 29.2. The molecule has 1 aromatic rings. The van der Waals surface area contributed by atoms with Gasteiger partial charge >= 0.3 is 6.09 Å². The molecule has 0 radical (unpaired) electrons. The van der Waals surface area contributed by atoms with Crippen LogP contribution in [0.1, 0.15) is 91.7 Å². The zero-order valence-electron chi connectivity index (χ0n) is 25.5. The number of carbonyl (C=O) groups is 1. The summed E-state index contributed by atoms with van der Waals surface area (Å²) in [5, 5.41) is 0. The highest BCUT2D eigenvalue weighted by atomic mass is 16.6. The van der Waals surface area contributed by atoms with E-state index in [2.05, 4.69) is 43.9 Å². The van der Waals surface area contributed by atoms with Crippen molar-refractivity contribution in [3.63, 3.8) is 0 Å². The van der Waals surface area contributed by atoms with E-state index in [4.69, 9.17) is 18.9 Å². The second kappa shape index (κ2) is 11.9. The summed E-state index contributed by atoms with van der Waals surface area (Å²) in [5.41, 5.74) is 1.52. The van der Waals surface area contributed by atoms with E-state index in [0.29, 0.717) is 19.7 Å². The summed E-state index contributed by atoms with van der Waals surface area (Å²) in [5.74, 6) is 2.13. The molecule has 5 rings (SSSR count). The molecule has 40 heavy (non-hydrogen) atoms. The van der Waals surface area contributed by atoms with Crippen molar-refractivity contribution in [1.29, 1.82) is 0 Å². The third-order valence-electron chi connectivity index (χ3n) is 9.05. The number of carbonyl (C=O) groups excluding carboxylic acids is 1. The number of rotatable bonds is 7. The smallest absolute Gasteiger partial charge is 0.410 e. The van der Waals surface area contributed by atoms with Crippen LogP contribution in [0.2, 0.25) is 0 Å². The molecule has 4 aliphatic rings. The molecule has 5 atom stereocenters. The number of ether oxygens (including phenoxy) is 4. The van der Waals surface area contributed by atoms with Gasteiger partial charge in [-0.25, -0.2) is 4.79 Å². The number of piperidine rings is 1. The fourth-order valence-electron chi connectivity index (χ4n) is 6.96. The summed E-state index contributed by atoms with van der Waals surface area (Å²) < 4.78 is 26.0. The quantitative estimate of drug-likeness (QED) is 0.347. The summed E-state index contributed by atoms with van der Waals surface area (Å²) in [6, 6.07) is 6.29. The molecule has 4 aliphatic heterocycles. The van der Waals surface area contributed by atoms with Gasteiger partial charge in [0.15, 0.2) is 11.5 Å². The number of allylic oxidation sites excluding steroid dienone is 2. The standard InChI is InChI=1S/C33H50N2O5/c1-23(2)11-10-15-33(6)26-21-24-22-35(31(36)40-32(3,4)5)18-14-27(24)38-29(26)25-12-9-13-28(30(25)39-33)37-20-19-34-16-7-8-17-34/h9,11-13,24,26-27,29H,7-8,10,14-22H2,1-6H3/t24-,26-,27-,29+,33+/m0/s1. The van der Waals surface area contributed by atoms with Crippen LogP contribution in [0.4, 0.5) is 4.79 Å². The molecule has 3 fully saturated rings. The zero-order valence-corrected chi connectivity index (χ0v) is 25.5. The van der Waals surface area contributed by atoms with Crippen LogP contribution < -0.4 is 9.47 Å². The molecular weight excluding hydrogens is 504 g/mol. The number of fused-ring (bicyclic) bond motifs is 4. The van der Waals surface area contributed by atoms with E-state index in [1.807, 2.05) is 31.7 Å². The Hall–Kier alpha value is -2.25. The molecule has 1 aromatic carbocycles. The Bertz CT molecular complexity index is 1070. The van der Waals surface area contributed by atoms with Gasteiger partial charge < -0.3 is 23.8 Å². The first-order valence-electron chi connectivity index (χ1n) is 15.5. The maximum absolute atomic E-state index is 12.9. The van der Waals surface area contributed by atoms with Crippen LogP contribution in [0.15, 0.2) is 29.8 Å². The molecule has 222 valence electrons. The minimum absolute atomic E-state index is 0.0445. The lowest BCUT2D eigenvalue weighted by Crippen LogP contribution is -2.57. The van der Waals surface area contributed by atoms with Crippen molar-refractivity contribution in [2.75, 3.05) is 39.3 Å². The molecule has 0 spiro atoms. The molecule has 7 heteroatoms. The Kier molecular flexibility index (Phi) is 8.72. The number of hydrogen-bond acceptors (Lipinski definition) is 6. The van der Waals surface area contributed by atoms with Crippen molar-refractivity contribution in [2.45, 2.75) is 103 Å². The van der Waals surface area contributed by atoms with Crippen LogP contribution >= 0.6 is 0 Å². The predicted molar refractivity (Wildman–Crippen MR) is 157 cm³/mol. The van der Waals surface area contributed by atoms with Crippen LogP contribution in [-0.2, 0) is 9.47 Å². The van der Waals surface area contributed by atoms with Gasteiger partial charge in [0, 0.05) is 37.0 Å². The Morgan fingerprint density at radius 3 is 2.67 bits per heavy atom. The number of benzene rings is 1. The maximum Gasteiger partial charge on any atom is 0.410 e. The van der Waals surface area contributed by atoms with E-state index in [0.717, 1.165) is 49.3 Å². The summed E-state index contributed by atoms with van der Waals surface area (Å²) in [6.07, 6.45) is 8.35. The van der Waals surface area contributed by atoms with Gasteiger partial charge in [-0.05, 0) is 99.2 Å². The van der Waals surface area contributed by atoms with Gasteiger partial charge in [-0.3, -0.25) is 4.90 Å². The highest BCUT2D eigenvalue weighted by molar-refractivity contribution is 5.68. The van der Waals surface area contributed by atoms with Crippen molar-refractivity contribution in [2.24, 2.45) is 11.8 Å². The van der Waals surface area contributed by atoms with Crippen molar-refractivity contribution >= 4 is 6.09 Å². The highest BCUT2D eigenvalue weighted by Crippen LogP contribution is 2.56. The molecule has 0 unspecified atom stereocenters. The molecule has 0 aliphatic carbocycles. The molecule has 7 nitrogen and oxygen atoms in total. The van der Waals surface area contributed by atoms with E-state index in [9.17, 15) is 4.79 Å². The first-order valence-corrected chi connectivity index (χ1v) is 15.5. The van der Waals surface area contributed by atoms with E-state index < -0.39 is 11.2 Å². The van der Waals surface area contributed by atoms with Crippen LogP contribution in [-0.4, -0.2) is 72.5 Å². The lowest BCUT2D eigenvalue weighted by molar-refractivity contribution is -0.191. The molecule has 0 aromatic heterocycles. The van der Waals surface area contributed by atoms with Gasteiger partial charge in [0.1, 0.15) is 17.8 Å². The van der Waals surface area contributed by atoms with Gasteiger partial charge in [-0.2, -0.15) is 0 Å². The van der Waals surface area contributed by atoms with Crippen molar-refractivity contribution in [3.05, 3.63) is 35.4 Å². The number of hydrogen-bond donors (Lipinski definition) is 0. The van der Waals surface area contributed by atoms with Gasteiger partial charge in [0.25, 0.3) is 0 Å². The first-order chi connectivity index (χ1) is 19.0. The topological polar surface area (TPSA) is 60.5 Å². The molecule has 3 saturated heterocycles. The number of likely N-dealkylation sites (tertiary alicyclic amines) is 2. The van der Waals surface area contributed by atoms with E-state index in [1.165, 1.54) is 31.5 Å². The van der Waals surface area contributed by atoms with Gasteiger partial charge in [-0.1, -0.05) is 23.8 Å². The molecule has 0 saturated carbocycles. The molecule has 4 heterocycles. The lowest BCUT2D eigenvalue weighted by Gasteiger charge is -2.54. The highest BCUT2D eigenvalue weighted by Gasteiger charge is 2.54. The van der Waals surface area contributed by atoms with Crippen LogP contribution in [0, 0.1) is 11.8 Å². The van der Waals surface area contributed by atoms with Crippen LogP contribution in [0.25, 0.3) is 0 Å². The lowest BCUT2D eigenvalue weighted by atomic mass is 9.68. The third-order valence-corrected chi connectivity index (χ3v) is 9.05. The second-order valence-corrected chi connectivity index (χ2v) is 13.7.